The Kier molecular flexibility index (Phi) is 5.58. The Bertz CT molecular complexity index is 1520. The van der Waals surface area contributed by atoms with Gasteiger partial charge in [0, 0.05) is 21.2 Å². The molecule has 0 saturated carbocycles. The van der Waals surface area contributed by atoms with Crippen molar-refractivity contribution in [3.05, 3.63) is 81.7 Å². The minimum absolute atomic E-state index is 0.0477. The highest BCUT2D eigenvalue weighted by Gasteiger charge is 2.23. The number of hydrogen-bond donors (Lipinski definition) is 1. The van der Waals surface area contributed by atoms with Gasteiger partial charge in [-0.15, -0.1) is 11.3 Å². The molecule has 3 aromatic carbocycles. The van der Waals surface area contributed by atoms with Crippen molar-refractivity contribution in [3.63, 3.8) is 0 Å². The van der Waals surface area contributed by atoms with Crippen molar-refractivity contribution >= 4 is 44.7 Å². The van der Waals surface area contributed by atoms with Crippen LogP contribution in [0.15, 0.2) is 60.0 Å². The van der Waals surface area contributed by atoms with Gasteiger partial charge in [-0.05, 0) is 76.4 Å². The summed E-state index contributed by atoms with van der Waals surface area (Å²) in [7, 11) is 0. The Labute approximate surface area is 216 Å². The Hall–Kier alpha value is -2.75. The number of thiophene rings is 1. The molecular weight excluding hydrogens is 470 g/mol. The van der Waals surface area contributed by atoms with Gasteiger partial charge in [0.2, 0.25) is 0 Å². The fraction of sp³-hybridized carbons (Fsp3) is 0.290. The second-order valence-electron chi connectivity index (χ2n) is 11.6. The van der Waals surface area contributed by atoms with Crippen molar-refractivity contribution < 1.29 is 5.11 Å². The predicted molar refractivity (Wildman–Crippen MR) is 153 cm³/mol. The van der Waals surface area contributed by atoms with E-state index in [-0.39, 0.29) is 10.8 Å². The van der Waals surface area contributed by atoms with E-state index in [0.29, 0.717) is 10.8 Å². The molecule has 180 valence electrons. The second-order valence-corrected chi connectivity index (χ2v) is 12.9. The Morgan fingerprint density at radius 1 is 0.771 bits per heavy atom. The summed E-state index contributed by atoms with van der Waals surface area (Å²) in [4.78, 5) is 0.840. The number of aryl methyl sites for hydroxylation is 1. The maximum atomic E-state index is 11.5. The molecule has 0 bridgehead atoms. The molecule has 0 amide bonds. The SMILES string of the molecule is Cc1ccc(Cl)cc1-c1scc(-n2c3ccc(C(C)(C)C)cc3c3cc(C(C)(C)C)ccc32)c1O. The van der Waals surface area contributed by atoms with E-state index in [0.717, 1.165) is 32.7 Å². The maximum absolute atomic E-state index is 11.5. The summed E-state index contributed by atoms with van der Waals surface area (Å²) in [6, 6.07) is 19.3. The van der Waals surface area contributed by atoms with E-state index >= 15 is 0 Å². The summed E-state index contributed by atoms with van der Waals surface area (Å²) in [5.74, 6) is 0.291. The zero-order chi connectivity index (χ0) is 25.3. The lowest BCUT2D eigenvalue weighted by Crippen LogP contribution is -2.10. The first-order valence-electron chi connectivity index (χ1n) is 12.0. The average molecular weight is 502 g/mol. The van der Waals surface area contributed by atoms with Crippen LogP contribution in [0.1, 0.15) is 58.2 Å². The molecule has 1 N–H and O–H groups in total. The monoisotopic (exact) mass is 501 g/mol. The first-order chi connectivity index (χ1) is 16.4. The fourth-order valence-electron chi connectivity index (χ4n) is 4.75. The normalized spacial score (nSPS) is 12.7. The summed E-state index contributed by atoms with van der Waals surface area (Å²) in [5.41, 5.74) is 7.75. The van der Waals surface area contributed by atoms with Crippen LogP contribution in [-0.2, 0) is 10.8 Å². The van der Waals surface area contributed by atoms with Crippen molar-refractivity contribution in [1.82, 2.24) is 4.57 Å². The molecule has 5 rings (SSSR count). The predicted octanol–water partition coefficient (Wildman–Crippen LogP) is 9.77. The van der Waals surface area contributed by atoms with E-state index in [2.05, 4.69) is 87.9 Å². The fourth-order valence-corrected chi connectivity index (χ4v) is 5.93. The lowest BCUT2D eigenvalue weighted by atomic mass is 9.85. The number of aromatic nitrogens is 1. The molecule has 0 aliphatic rings. The Morgan fingerprint density at radius 3 is 1.83 bits per heavy atom. The summed E-state index contributed by atoms with van der Waals surface area (Å²) < 4.78 is 2.21. The van der Waals surface area contributed by atoms with Gasteiger partial charge in [0.15, 0.2) is 5.75 Å². The van der Waals surface area contributed by atoms with Gasteiger partial charge in [0.05, 0.1) is 21.6 Å². The topological polar surface area (TPSA) is 25.2 Å². The van der Waals surface area contributed by atoms with Gasteiger partial charge in [-0.3, -0.25) is 0 Å². The molecule has 2 heterocycles. The molecule has 4 heteroatoms. The quantitative estimate of drug-likeness (QED) is 0.256. The van der Waals surface area contributed by atoms with Gasteiger partial charge in [0.25, 0.3) is 0 Å². The average Bonchev–Trinajstić information content (AvgIpc) is 3.30. The summed E-state index contributed by atoms with van der Waals surface area (Å²) in [6.07, 6.45) is 0. The number of benzene rings is 3. The highest BCUT2D eigenvalue weighted by molar-refractivity contribution is 7.14. The molecular formula is C31H32ClNOS. The molecule has 0 radical (unpaired) electrons. The third-order valence-corrected chi connectivity index (χ3v) is 8.15. The van der Waals surface area contributed by atoms with Gasteiger partial charge >= 0.3 is 0 Å². The van der Waals surface area contributed by atoms with Crippen molar-refractivity contribution in [2.24, 2.45) is 0 Å². The number of halogens is 1. The number of aromatic hydroxyl groups is 1. The van der Waals surface area contributed by atoms with Gasteiger partial charge in [-0.2, -0.15) is 0 Å². The van der Waals surface area contributed by atoms with E-state index in [1.54, 1.807) is 11.3 Å². The van der Waals surface area contributed by atoms with Crippen LogP contribution in [0.5, 0.6) is 5.75 Å². The molecule has 0 atom stereocenters. The summed E-state index contributed by atoms with van der Waals surface area (Å²) >= 11 is 7.86. The van der Waals surface area contributed by atoms with E-state index in [9.17, 15) is 5.11 Å². The third kappa shape index (κ3) is 4.05. The van der Waals surface area contributed by atoms with Crippen molar-refractivity contribution in [2.75, 3.05) is 0 Å². The van der Waals surface area contributed by atoms with Gasteiger partial charge in [0.1, 0.15) is 0 Å². The van der Waals surface area contributed by atoms with Gasteiger partial charge in [-0.1, -0.05) is 71.3 Å². The summed E-state index contributed by atoms with van der Waals surface area (Å²) in [6.45, 7) is 15.5. The number of hydrogen-bond acceptors (Lipinski definition) is 2. The molecule has 2 nitrogen and oxygen atoms in total. The molecule has 0 unspecified atom stereocenters. The molecule has 0 saturated heterocycles. The van der Waals surface area contributed by atoms with Crippen LogP contribution in [0.3, 0.4) is 0 Å². The van der Waals surface area contributed by atoms with E-state index in [1.807, 2.05) is 25.1 Å². The van der Waals surface area contributed by atoms with Crippen LogP contribution in [0, 0.1) is 6.92 Å². The first kappa shape index (κ1) is 24.0. The highest BCUT2D eigenvalue weighted by atomic mass is 35.5. The van der Waals surface area contributed by atoms with E-state index in [1.165, 1.54) is 21.9 Å². The molecule has 0 spiro atoms. The third-order valence-electron chi connectivity index (χ3n) is 6.93. The van der Waals surface area contributed by atoms with Crippen LogP contribution >= 0.6 is 22.9 Å². The lowest BCUT2D eigenvalue weighted by molar-refractivity contribution is 0.477. The van der Waals surface area contributed by atoms with Crippen LogP contribution in [0.25, 0.3) is 37.9 Å². The van der Waals surface area contributed by atoms with Crippen molar-refractivity contribution in [3.8, 4) is 21.9 Å². The van der Waals surface area contributed by atoms with Gasteiger partial charge in [-0.25, -0.2) is 0 Å². The van der Waals surface area contributed by atoms with Crippen LogP contribution in [0.2, 0.25) is 5.02 Å². The molecule has 5 aromatic rings. The Morgan fingerprint density at radius 2 is 1.31 bits per heavy atom. The van der Waals surface area contributed by atoms with E-state index < -0.39 is 0 Å². The van der Waals surface area contributed by atoms with Gasteiger partial charge < -0.3 is 9.67 Å². The minimum Gasteiger partial charge on any atom is -0.504 e. The summed E-state index contributed by atoms with van der Waals surface area (Å²) in [5, 5.41) is 16.7. The molecule has 0 aliphatic carbocycles. The van der Waals surface area contributed by atoms with Crippen LogP contribution < -0.4 is 0 Å². The van der Waals surface area contributed by atoms with Crippen LogP contribution in [0.4, 0.5) is 0 Å². The van der Waals surface area contributed by atoms with Crippen molar-refractivity contribution in [1.29, 1.82) is 0 Å². The Balaban J connectivity index is 1.83. The molecule has 0 aliphatic heterocycles. The second kappa shape index (κ2) is 8.15. The zero-order valence-corrected chi connectivity index (χ0v) is 23.0. The molecule has 2 aromatic heterocycles. The maximum Gasteiger partial charge on any atom is 0.158 e. The standard InChI is InChI=1S/C31H32ClNOS/c1-18-8-11-21(32)16-22(18)29-28(34)27(17-35-29)33-25-12-9-19(30(2,3)4)14-23(25)24-15-20(31(5,6)7)10-13-26(24)33/h8-17,34H,1-7H3. The number of nitrogens with zero attached hydrogens (tertiary/aromatic N) is 1. The smallest absolute Gasteiger partial charge is 0.158 e. The molecule has 0 fully saturated rings. The van der Waals surface area contributed by atoms with Crippen molar-refractivity contribution in [2.45, 2.75) is 59.3 Å². The lowest BCUT2D eigenvalue weighted by Gasteiger charge is -2.19. The number of fused-ring (bicyclic) bond motifs is 3. The van der Waals surface area contributed by atoms with E-state index in [4.69, 9.17) is 11.6 Å². The zero-order valence-electron chi connectivity index (χ0n) is 21.5. The number of rotatable bonds is 2. The highest BCUT2D eigenvalue weighted by Crippen LogP contribution is 2.46. The first-order valence-corrected chi connectivity index (χ1v) is 13.3. The van der Waals surface area contributed by atoms with Crippen LogP contribution in [-0.4, -0.2) is 9.67 Å². The largest absolute Gasteiger partial charge is 0.504 e. The minimum atomic E-state index is 0.0477. The molecule has 35 heavy (non-hydrogen) atoms.